The fraction of sp³-hybridized carbons (Fsp3) is 0.200. The lowest BCUT2D eigenvalue weighted by Gasteiger charge is -2.12. The van der Waals surface area contributed by atoms with E-state index in [1.165, 1.54) is 18.0 Å². The second-order valence-electron chi connectivity index (χ2n) is 7.39. The summed E-state index contributed by atoms with van der Waals surface area (Å²) < 4.78 is 17.6. The number of thioether (sulfide) groups is 1. The topological polar surface area (TPSA) is 121 Å². The number of furan rings is 1. The van der Waals surface area contributed by atoms with Crippen LogP contribution in [0.1, 0.15) is 23.3 Å². The first-order valence-corrected chi connectivity index (χ1v) is 12.1. The van der Waals surface area contributed by atoms with E-state index in [0.717, 1.165) is 11.4 Å². The number of amides is 2. The molecule has 2 amide bonds. The maximum atomic E-state index is 12.6. The van der Waals surface area contributed by atoms with Gasteiger partial charge in [0.1, 0.15) is 11.5 Å². The lowest BCUT2D eigenvalue weighted by atomic mass is 10.3. The minimum atomic E-state index is -0.366. The zero-order valence-corrected chi connectivity index (χ0v) is 20.6. The predicted molar refractivity (Wildman–Crippen MR) is 135 cm³/mol. The van der Waals surface area contributed by atoms with Crippen molar-refractivity contribution in [1.29, 1.82) is 0 Å². The molecular weight excluding hydrogens is 482 g/mol. The largest absolute Gasteiger partial charge is 0.497 e. The van der Waals surface area contributed by atoms with E-state index in [2.05, 4.69) is 20.8 Å². The van der Waals surface area contributed by atoms with E-state index in [1.54, 1.807) is 48.1 Å². The number of rotatable bonds is 11. The third-order valence-corrected chi connectivity index (χ3v) is 5.89. The quantitative estimate of drug-likeness (QED) is 0.293. The third-order valence-electron chi connectivity index (χ3n) is 4.96. The number of hydrogen-bond acceptors (Lipinski definition) is 8. The number of ether oxygens (including phenoxy) is 2. The third kappa shape index (κ3) is 6.25. The number of hydrogen-bond donors (Lipinski definition) is 2. The molecule has 4 aromatic rings. The van der Waals surface area contributed by atoms with Crippen molar-refractivity contribution in [1.82, 2.24) is 20.1 Å². The molecule has 11 heteroatoms. The number of benzene rings is 2. The van der Waals surface area contributed by atoms with Gasteiger partial charge in [-0.1, -0.05) is 11.8 Å². The van der Waals surface area contributed by atoms with E-state index >= 15 is 0 Å². The summed E-state index contributed by atoms with van der Waals surface area (Å²) in [6.07, 6.45) is 1.43. The summed E-state index contributed by atoms with van der Waals surface area (Å²) >= 11 is 1.23. The molecule has 0 spiro atoms. The Labute approximate surface area is 212 Å². The fourth-order valence-electron chi connectivity index (χ4n) is 3.28. The van der Waals surface area contributed by atoms with Crippen molar-refractivity contribution in [3.63, 3.8) is 0 Å². The molecule has 4 rings (SSSR count). The summed E-state index contributed by atoms with van der Waals surface area (Å²) in [6.45, 7) is 2.58. The standard InChI is InChI=1S/C25H25N5O5S/c1-3-34-20-12-8-18(9-13-20)30-22(15-26-24(32)21-5-4-14-35-21)28-29-25(30)36-16-23(31)27-17-6-10-19(33-2)11-7-17/h4-14H,3,15-16H2,1-2H3,(H,26,32)(H,27,31). The lowest BCUT2D eigenvalue weighted by Crippen LogP contribution is -2.24. The van der Waals surface area contributed by atoms with Crippen LogP contribution in [0.2, 0.25) is 0 Å². The summed E-state index contributed by atoms with van der Waals surface area (Å²) in [5.41, 5.74) is 1.43. The normalized spacial score (nSPS) is 10.6. The molecule has 0 fully saturated rings. The molecule has 0 aliphatic rings. The lowest BCUT2D eigenvalue weighted by molar-refractivity contribution is -0.113. The molecule has 2 aromatic carbocycles. The average molecular weight is 508 g/mol. The summed E-state index contributed by atoms with van der Waals surface area (Å²) in [5, 5.41) is 14.7. The van der Waals surface area contributed by atoms with Crippen molar-refractivity contribution in [2.75, 3.05) is 24.8 Å². The molecule has 0 saturated heterocycles. The maximum absolute atomic E-state index is 12.6. The van der Waals surface area contributed by atoms with Gasteiger partial charge >= 0.3 is 0 Å². The van der Waals surface area contributed by atoms with Gasteiger partial charge in [0.25, 0.3) is 5.91 Å². The number of carbonyl (C=O) groups excluding carboxylic acids is 2. The Morgan fingerprint density at radius 1 is 1.03 bits per heavy atom. The van der Waals surface area contributed by atoms with Crippen LogP contribution in [0, 0.1) is 0 Å². The van der Waals surface area contributed by atoms with E-state index in [1.807, 2.05) is 31.2 Å². The second kappa shape index (κ2) is 11.9. The Morgan fingerprint density at radius 2 is 1.78 bits per heavy atom. The molecule has 2 heterocycles. The number of nitrogens with one attached hydrogen (secondary N) is 2. The average Bonchev–Trinajstić information content (AvgIpc) is 3.58. The van der Waals surface area contributed by atoms with E-state index in [0.29, 0.717) is 29.0 Å². The Morgan fingerprint density at radius 3 is 2.44 bits per heavy atom. The van der Waals surface area contributed by atoms with Crippen LogP contribution in [-0.2, 0) is 11.3 Å². The van der Waals surface area contributed by atoms with Crippen LogP contribution in [0.25, 0.3) is 5.69 Å². The minimum Gasteiger partial charge on any atom is -0.497 e. The van der Waals surface area contributed by atoms with Gasteiger partial charge in [0.05, 0.1) is 32.3 Å². The highest BCUT2D eigenvalue weighted by molar-refractivity contribution is 7.99. The predicted octanol–water partition coefficient (Wildman–Crippen LogP) is 3.93. The van der Waals surface area contributed by atoms with Crippen LogP contribution in [0.15, 0.2) is 76.5 Å². The van der Waals surface area contributed by atoms with Crippen molar-refractivity contribution in [2.45, 2.75) is 18.6 Å². The summed E-state index contributed by atoms with van der Waals surface area (Å²) in [5.74, 6) is 1.69. The Balaban J connectivity index is 1.49. The molecule has 0 radical (unpaired) electrons. The summed E-state index contributed by atoms with van der Waals surface area (Å²) in [7, 11) is 1.58. The van der Waals surface area contributed by atoms with Gasteiger partial charge in [0.2, 0.25) is 5.91 Å². The number of anilines is 1. The molecule has 36 heavy (non-hydrogen) atoms. The molecule has 0 aliphatic carbocycles. The first-order valence-electron chi connectivity index (χ1n) is 11.1. The second-order valence-corrected chi connectivity index (χ2v) is 8.33. The Kier molecular flexibility index (Phi) is 8.24. The van der Waals surface area contributed by atoms with Gasteiger partial charge in [-0.05, 0) is 67.6 Å². The van der Waals surface area contributed by atoms with E-state index < -0.39 is 0 Å². The summed E-state index contributed by atoms with van der Waals surface area (Å²) in [4.78, 5) is 24.9. The highest BCUT2D eigenvalue weighted by Gasteiger charge is 2.18. The number of aromatic nitrogens is 3. The minimum absolute atomic E-state index is 0.109. The van der Waals surface area contributed by atoms with Crippen LogP contribution in [0.4, 0.5) is 5.69 Å². The van der Waals surface area contributed by atoms with Crippen LogP contribution >= 0.6 is 11.8 Å². The van der Waals surface area contributed by atoms with Crippen molar-refractivity contribution in [3.05, 3.63) is 78.5 Å². The van der Waals surface area contributed by atoms with E-state index in [9.17, 15) is 9.59 Å². The SMILES string of the molecule is CCOc1ccc(-n2c(CNC(=O)c3ccco3)nnc2SCC(=O)Nc2ccc(OC)cc2)cc1. The zero-order chi connectivity index (χ0) is 25.3. The number of carbonyl (C=O) groups is 2. The molecule has 0 bridgehead atoms. The van der Waals surface area contributed by atoms with E-state index in [-0.39, 0.29) is 29.9 Å². The molecule has 0 unspecified atom stereocenters. The number of nitrogens with zero attached hydrogens (tertiary/aromatic N) is 3. The zero-order valence-electron chi connectivity index (χ0n) is 19.8. The highest BCUT2D eigenvalue weighted by atomic mass is 32.2. The van der Waals surface area contributed by atoms with Crippen molar-refractivity contribution < 1.29 is 23.5 Å². The van der Waals surface area contributed by atoms with Crippen molar-refractivity contribution in [3.8, 4) is 17.2 Å². The summed E-state index contributed by atoms with van der Waals surface area (Å²) in [6, 6.07) is 17.7. The molecule has 2 N–H and O–H groups in total. The molecule has 2 aromatic heterocycles. The first-order chi connectivity index (χ1) is 17.6. The Hall–Kier alpha value is -4.25. The van der Waals surface area contributed by atoms with E-state index in [4.69, 9.17) is 13.9 Å². The fourth-order valence-corrected chi connectivity index (χ4v) is 4.05. The maximum Gasteiger partial charge on any atom is 0.287 e. The first kappa shape index (κ1) is 24.9. The molecule has 0 saturated carbocycles. The van der Waals surface area contributed by atoms with Gasteiger partial charge in [0, 0.05) is 11.4 Å². The van der Waals surface area contributed by atoms with Gasteiger partial charge < -0.3 is 24.5 Å². The van der Waals surface area contributed by atoms with Crippen molar-refractivity contribution in [2.24, 2.45) is 0 Å². The van der Waals surface area contributed by atoms with Crippen LogP contribution in [0.5, 0.6) is 11.5 Å². The Bertz CT molecular complexity index is 1290. The van der Waals surface area contributed by atoms with Gasteiger partial charge in [-0.25, -0.2) is 0 Å². The molecule has 10 nitrogen and oxygen atoms in total. The highest BCUT2D eigenvalue weighted by Crippen LogP contribution is 2.24. The number of methoxy groups -OCH3 is 1. The van der Waals surface area contributed by atoms with Crippen LogP contribution in [0.3, 0.4) is 0 Å². The van der Waals surface area contributed by atoms with Crippen LogP contribution in [-0.4, -0.2) is 46.0 Å². The van der Waals surface area contributed by atoms with Gasteiger partial charge in [-0.3, -0.25) is 14.2 Å². The van der Waals surface area contributed by atoms with Crippen LogP contribution < -0.4 is 20.1 Å². The molecular formula is C25H25N5O5S. The van der Waals surface area contributed by atoms with Gasteiger partial charge in [0.15, 0.2) is 16.7 Å². The monoisotopic (exact) mass is 507 g/mol. The molecule has 0 aliphatic heterocycles. The van der Waals surface area contributed by atoms with Crippen molar-refractivity contribution >= 4 is 29.3 Å². The van der Waals surface area contributed by atoms with Gasteiger partial charge in [-0.2, -0.15) is 0 Å². The molecule has 186 valence electrons. The van der Waals surface area contributed by atoms with Gasteiger partial charge in [-0.15, -0.1) is 10.2 Å². The molecule has 0 atom stereocenters. The smallest absolute Gasteiger partial charge is 0.287 e.